The molecule has 2 N–H and O–H groups in total. The van der Waals surface area contributed by atoms with E-state index in [4.69, 9.17) is 5.73 Å². The van der Waals surface area contributed by atoms with Crippen molar-refractivity contribution in [2.75, 3.05) is 37.3 Å². The van der Waals surface area contributed by atoms with E-state index in [9.17, 15) is 0 Å². The highest BCUT2D eigenvalue weighted by Gasteiger charge is 2.26. The molecule has 21 heavy (non-hydrogen) atoms. The molecule has 0 aliphatic carbocycles. The minimum absolute atomic E-state index is 0.381. The predicted octanol–water partition coefficient (Wildman–Crippen LogP) is 3.07. The number of likely N-dealkylation sites (N-methyl/N-ethyl adjacent to an activating group) is 1. The van der Waals surface area contributed by atoms with Crippen molar-refractivity contribution in [2.24, 2.45) is 0 Å². The summed E-state index contributed by atoms with van der Waals surface area (Å²) in [6.07, 6.45) is 0. The molecule has 3 rings (SSSR count). The molecule has 3 heteroatoms. The first kappa shape index (κ1) is 14.0. The lowest BCUT2D eigenvalue weighted by atomic mass is 10.0. The predicted molar refractivity (Wildman–Crippen MR) is 89.6 cm³/mol. The second-order valence-electron chi connectivity index (χ2n) is 5.98. The van der Waals surface area contributed by atoms with Gasteiger partial charge in [0, 0.05) is 31.0 Å². The van der Waals surface area contributed by atoms with Gasteiger partial charge in [0.15, 0.2) is 0 Å². The molecular weight excluding hydrogens is 258 g/mol. The average Bonchev–Trinajstić information content (AvgIpc) is 2.47. The number of anilines is 2. The molecule has 2 aromatic rings. The molecule has 1 aliphatic rings. The van der Waals surface area contributed by atoms with Crippen LogP contribution in [0, 0.1) is 6.92 Å². The fraction of sp³-hybridized carbons (Fsp3) is 0.333. The third-order valence-electron chi connectivity index (χ3n) is 4.18. The molecule has 0 spiro atoms. The molecule has 110 valence electrons. The number of piperazine rings is 1. The Morgan fingerprint density at radius 2 is 1.81 bits per heavy atom. The van der Waals surface area contributed by atoms with Crippen LogP contribution >= 0.6 is 0 Å². The highest BCUT2D eigenvalue weighted by atomic mass is 15.3. The Morgan fingerprint density at radius 3 is 2.52 bits per heavy atom. The van der Waals surface area contributed by atoms with Crippen LogP contribution in [0.2, 0.25) is 0 Å². The van der Waals surface area contributed by atoms with Gasteiger partial charge in [0.25, 0.3) is 0 Å². The topological polar surface area (TPSA) is 32.5 Å². The SMILES string of the molecule is Cc1cc(N)cc(N2CCN(C)CC2c2ccccc2)c1. The molecule has 0 bridgehead atoms. The lowest BCUT2D eigenvalue weighted by Crippen LogP contribution is -2.47. The summed E-state index contributed by atoms with van der Waals surface area (Å²) in [5.41, 5.74) is 10.7. The fourth-order valence-electron chi connectivity index (χ4n) is 3.15. The van der Waals surface area contributed by atoms with E-state index in [1.807, 2.05) is 6.07 Å². The van der Waals surface area contributed by atoms with Gasteiger partial charge in [0.1, 0.15) is 0 Å². The number of nitrogen functional groups attached to an aromatic ring is 1. The van der Waals surface area contributed by atoms with Crippen LogP contribution in [0.3, 0.4) is 0 Å². The summed E-state index contributed by atoms with van der Waals surface area (Å²) in [6.45, 7) is 5.25. The van der Waals surface area contributed by atoms with Gasteiger partial charge in [-0.25, -0.2) is 0 Å². The monoisotopic (exact) mass is 281 g/mol. The van der Waals surface area contributed by atoms with Gasteiger partial charge >= 0.3 is 0 Å². The summed E-state index contributed by atoms with van der Waals surface area (Å²) < 4.78 is 0. The zero-order valence-electron chi connectivity index (χ0n) is 12.8. The fourth-order valence-corrected chi connectivity index (χ4v) is 3.15. The third-order valence-corrected chi connectivity index (χ3v) is 4.18. The number of hydrogen-bond donors (Lipinski definition) is 1. The molecule has 1 heterocycles. The van der Waals surface area contributed by atoms with E-state index in [2.05, 4.69) is 66.2 Å². The first-order valence-electron chi connectivity index (χ1n) is 7.51. The van der Waals surface area contributed by atoms with E-state index in [1.165, 1.54) is 16.8 Å². The van der Waals surface area contributed by atoms with Gasteiger partial charge in [-0.3, -0.25) is 0 Å². The van der Waals surface area contributed by atoms with Crippen molar-refractivity contribution < 1.29 is 0 Å². The molecule has 1 saturated heterocycles. The van der Waals surface area contributed by atoms with Gasteiger partial charge in [-0.15, -0.1) is 0 Å². The largest absolute Gasteiger partial charge is 0.399 e. The summed E-state index contributed by atoms with van der Waals surface area (Å²) >= 11 is 0. The molecule has 1 fully saturated rings. The molecule has 0 aromatic heterocycles. The molecule has 0 amide bonds. The van der Waals surface area contributed by atoms with E-state index in [1.54, 1.807) is 0 Å². The van der Waals surface area contributed by atoms with Crippen molar-refractivity contribution in [3.63, 3.8) is 0 Å². The van der Waals surface area contributed by atoms with Gasteiger partial charge in [0.05, 0.1) is 6.04 Å². The maximum atomic E-state index is 6.04. The minimum atomic E-state index is 0.381. The standard InChI is InChI=1S/C18H23N3/c1-14-10-16(19)12-17(11-14)21-9-8-20(2)13-18(21)15-6-4-3-5-7-15/h3-7,10-12,18H,8-9,13,19H2,1-2H3. The second kappa shape index (κ2) is 5.78. The first-order valence-corrected chi connectivity index (χ1v) is 7.51. The van der Waals surface area contributed by atoms with Crippen molar-refractivity contribution in [2.45, 2.75) is 13.0 Å². The maximum absolute atomic E-state index is 6.04. The molecule has 1 unspecified atom stereocenters. The second-order valence-corrected chi connectivity index (χ2v) is 5.98. The molecule has 0 saturated carbocycles. The highest BCUT2D eigenvalue weighted by molar-refractivity contribution is 5.59. The van der Waals surface area contributed by atoms with E-state index in [0.29, 0.717) is 6.04 Å². The Bertz CT molecular complexity index is 589. The van der Waals surface area contributed by atoms with E-state index in [-0.39, 0.29) is 0 Å². The Kier molecular flexibility index (Phi) is 3.84. The maximum Gasteiger partial charge on any atom is 0.0669 e. The van der Waals surface area contributed by atoms with Crippen LogP contribution in [-0.2, 0) is 0 Å². The lowest BCUT2D eigenvalue weighted by molar-refractivity contribution is 0.269. The molecule has 1 atom stereocenters. The van der Waals surface area contributed by atoms with Crippen molar-refractivity contribution in [3.05, 3.63) is 59.7 Å². The quantitative estimate of drug-likeness (QED) is 0.859. The number of benzene rings is 2. The van der Waals surface area contributed by atoms with Crippen molar-refractivity contribution in [1.82, 2.24) is 4.90 Å². The summed E-state index contributed by atoms with van der Waals surface area (Å²) in [7, 11) is 2.19. The number of aryl methyl sites for hydroxylation is 1. The van der Waals surface area contributed by atoms with Crippen LogP contribution in [0.4, 0.5) is 11.4 Å². The first-order chi connectivity index (χ1) is 10.1. The highest BCUT2D eigenvalue weighted by Crippen LogP contribution is 2.31. The van der Waals surface area contributed by atoms with Gasteiger partial charge in [-0.2, -0.15) is 0 Å². The van der Waals surface area contributed by atoms with Crippen LogP contribution in [0.25, 0.3) is 0 Å². The summed E-state index contributed by atoms with van der Waals surface area (Å²) in [4.78, 5) is 4.88. The van der Waals surface area contributed by atoms with Crippen LogP contribution < -0.4 is 10.6 Å². The van der Waals surface area contributed by atoms with Crippen LogP contribution in [-0.4, -0.2) is 31.6 Å². The van der Waals surface area contributed by atoms with Gasteiger partial charge in [-0.05, 0) is 43.3 Å². The van der Waals surface area contributed by atoms with Crippen LogP contribution in [0.15, 0.2) is 48.5 Å². The van der Waals surface area contributed by atoms with E-state index < -0.39 is 0 Å². The smallest absolute Gasteiger partial charge is 0.0669 e. The normalized spacial score (nSPS) is 19.7. The van der Waals surface area contributed by atoms with Gasteiger partial charge < -0.3 is 15.5 Å². The van der Waals surface area contributed by atoms with Gasteiger partial charge in [-0.1, -0.05) is 30.3 Å². The average molecular weight is 281 g/mol. The van der Waals surface area contributed by atoms with Crippen molar-refractivity contribution in [1.29, 1.82) is 0 Å². The van der Waals surface area contributed by atoms with Crippen molar-refractivity contribution >= 4 is 11.4 Å². The number of nitrogens with zero attached hydrogens (tertiary/aromatic N) is 2. The molecule has 2 aromatic carbocycles. The zero-order valence-corrected chi connectivity index (χ0v) is 12.8. The minimum Gasteiger partial charge on any atom is -0.399 e. The number of nitrogens with two attached hydrogens (primary N) is 1. The zero-order chi connectivity index (χ0) is 14.8. The summed E-state index contributed by atoms with van der Waals surface area (Å²) in [5, 5.41) is 0. The van der Waals surface area contributed by atoms with E-state index in [0.717, 1.165) is 25.3 Å². The Labute approximate surface area is 127 Å². The number of hydrogen-bond acceptors (Lipinski definition) is 3. The Hall–Kier alpha value is -2.00. The molecule has 0 radical (unpaired) electrons. The Morgan fingerprint density at radius 1 is 1.05 bits per heavy atom. The number of rotatable bonds is 2. The van der Waals surface area contributed by atoms with Crippen LogP contribution in [0.5, 0.6) is 0 Å². The molecular formula is C18H23N3. The van der Waals surface area contributed by atoms with Gasteiger partial charge in [0.2, 0.25) is 0 Å². The summed E-state index contributed by atoms with van der Waals surface area (Å²) in [5.74, 6) is 0. The van der Waals surface area contributed by atoms with E-state index >= 15 is 0 Å². The van der Waals surface area contributed by atoms with Crippen LogP contribution in [0.1, 0.15) is 17.2 Å². The van der Waals surface area contributed by atoms with Crippen molar-refractivity contribution in [3.8, 4) is 0 Å². The lowest BCUT2D eigenvalue weighted by Gasteiger charge is -2.42. The Balaban J connectivity index is 1.98. The molecule has 1 aliphatic heterocycles. The molecule has 3 nitrogen and oxygen atoms in total. The third kappa shape index (κ3) is 3.03. The summed E-state index contributed by atoms with van der Waals surface area (Å²) in [6, 6.07) is 17.5.